The van der Waals surface area contributed by atoms with E-state index in [0.717, 1.165) is 24.3 Å². The molecule has 1 saturated carbocycles. The molecule has 3 N–H and O–H groups in total. The van der Waals surface area contributed by atoms with Gasteiger partial charge in [0.2, 0.25) is 0 Å². The van der Waals surface area contributed by atoms with E-state index in [0.29, 0.717) is 6.61 Å². The Morgan fingerprint density at radius 2 is 1.70 bits per heavy atom. The van der Waals surface area contributed by atoms with Crippen LogP contribution in [0.1, 0.15) is 50.5 Å². The van der Waals surface area contributed by atoms with Gasteiger partial charge >= 0.3 is 18.1 Å². The van der Waals surface area contributed by atoms with Crippen molar-refractivity contribution in [1.29, 1.82) is 0 Å². The summed E-state index contributed by atoms with van der Waals surface area (Å²) in [6.45, 7) is 0.316. The minimum atomic E-state index is -5.08. The first-order valence-corrected chi connectivity index (χ1v) is 8.96. The number of hydrogen-bond acceptors (Lipinski definition) is 4. The summed E-state index contributed by atoms with van der Waals surface area (Å²) in [6.07, 6.45) is 3.34. The van der Waals surface area contributed by atoms with Crippen molar-refractivity contribution in [3.63, 3.8) is 0 Å². The number of ether oxygens (including phenoxy) is 1. The van der Waals surface area contributed by atoms with E-state index in [1.54, 1.807) is 0 Å². The number of halogens is 3. The number of carbonyl (C=O) groups excluding carboxylic acids is 1. The standard InChI is InChI=1S/C17H25NO2.C2HF3O2/c18-16(12-11-14-7-3-1-4-8-14)17(19)20-13-15-9-5-2-6-10-15;3-2(4,5)1(6)7/h2,5-6,9-10,14,16H,1,3-4,7-8,11-13,18H2;(H,6,7). The highest BCUT2D eigenvalue weighted by atomic mass is 19.4. The van der Waals surface area contributed by atoms with Crippen LogP contribution >= 0.6 is 0 Å². The Morgan fingerprint density at radius 1 is 1.15 bits per heavy atom. The van der Waals surface area contributed by atoms with E-state index in [1.807, 2.05) is 30.3 Å². The fraction of sp³-hybridized carbons (Fsp3) is 0.579. The van der Waals surface area contributed by atoms with Gasteiger partial charge in [0.05, 0.1) is 0 Å². The molecule has 1 atom stereocenters. The van der Waals surface area contributed by atoms with Crippen LogP contribution < -0.4 is 5.73 Å². The van der Waals surface area contributed by atoms with Gasteiger partial charge in [-0.1, -0.05) is 62.4 Å². The van der Waals surface area contributed by atoms with E-state index in [9.17, 15) is 18.0 Å². The molecule has 0 spiro atoms. The molecular weight excluding hydrogens is 363 g/mol. The van der Waals surface area contributed by atoms with Gasteiger partial charge in [-0.25, -0.2) is 4.79 Å². The van der Waals surface area contributed by atoms with Gasteiger partial charge in [-0.3, -0.25) is 4.79 Å². The molecule has 1 aromatic carbocycles. The van der Waals surface area contributed by atoms with E-state index in [-0.39, 0.29) is 5.97 Å². The second-order valence-electron chi connectivity index (χ2n) is 6.58. The molecule has 0 radical (unpaired) electrons. The summed E-state index contributed by atoms with van der Waals surface area (Å²) >= 11 is 0. The summed E-state index contributed by atoms with van der Waals surface area (Å²) in [5.74, 6) is -2.27. The number of carboxylic acid groups (broad SMARTS) is 1. The highest BCUT2D eigenvalue weighted by molar-refractivity contribution is 5.75. The zero-order valence-corrected chi connectivity index (χ0v) is 15.1. The Bertz CT molecular complexity index is 572. The van der Waals surface area contributed by atoms with Gasteiger partial charge in [0.25, 0.3) is 0 Å². The third kappa shape index (κ3) is 9.98. The zero-order chi connectivity index (χ0) is 20.3. The number of esters is 1. The van der Waals surface area contributed by atoms with Gasteiger partial charge in [-0.2, -0.15) is 13.2 Å². The summed E-state index contributed by atoms with van der Waals surface area (Å²) in [6, 6.07) is 9.24. The van der Waals surface area contributed by atoms with Gasteiger partial charge in [-0.15, -0.1) is 0 Å². The smallest absolute Gasteiger partial charge is 0.475 e. The second kappa shape index (κ2) is 11.6. The van der Waals surface area contributed by atoms with E-state index in [2.05, 4.69) is 0 Å². The number of hydrogen-bond donors (Lipinski definition) is 2. The monoisotopic (exact) mass is 389 g/mol. The van der Waals surface area contributed by atoms with Crippen molar-refractivity contribution in [1.82, 2.24) is 0 Å². The van der Waals surface area contributed by atoms with Crippen LogP contribution in [-0.4, -0.2) is 29.3 Å². The molecule has 1 unspecified atom stereocenters. The Labute approximate surface area is 156 Å². The maximum atomic E-state index is 11.8. The quantitative estimate of drug-likeness (QED) is 0.717. The van der Waals surface area contributed by atoms with Crippen molar-refractivity contribution in [2.45, 2.75) is 63.8 Å². The molecule has 0 aromatic heterocycles. The Morgan fingerprint density at radius 3 is 2.22 bits per heavy atom. The molecule has 1 aromatic rings. The van der Waals surface area contributed by atoms with Crippen molar-refractivity contribution < 1.29 is 32.6 Å². The first-order valence-electron chi connectivity index (χ1n) is 8.96. The number of benzene rings is 1. The zero-order valence-electron chi connectivity index (χ0n) is 15.1. The number of rotatable bonds is 6. The first kappa shape index (κ1) is 23.0. The summed E-state index contributed by atoms with van der Waals surface area (Å²) < 4.78 is 37.0. The third-order valence-corrected chi connectivity index (χ3v) is 4.38. The predicted octanol–water partition coefficient (Wildman–Crippen LogP) is 4.05. The van der Waals surface area contributed by atoms with Crippen LogP contribution in [0.4, 0.5) is 13.2 Å². The van der Waals surface area contributed by atoms with Crippen LogP contribution in [0.15, 0.2) is 30.3 Å². The number of nitrogens with two attached hydrogens (primary N) is 1. The van der Waals surface area contributed by atoms with E-state index >= 15 is 0 Å². The fourth-order valence-corrected chi connectivity index (χ4v) is 2.84. The Hall–Kier alpha value is -2.09. The lowest BCUT2D eigenvalue weighted by molar-refractivity contribution is -0.192. The molecule has 1 aliphatic rings. The second-order valence-corrected chi connectivity index (χ2v) is 6.58. The molecule has 27 heavy (non-hydrogen) atoms. The summed E-state index contributed by atoms with van der Waals surface area (Å²) in [4.78, 5) is 20.7. The van der Waals surface area contributed by atoms with Crippen molar-refractivity contribution in [2.75, 3.05) is 0 Å². The molecule has 0 amide bonds. The normalized spacial score (nSPS) is 16.0. The molecule has 0 bridgehead atoms. The van der Waals surface area contributed by atoms with Crippen LogP contribution in [0.2, 0.25) is 0 Å². The van der Waals surface area contributed by atoms with Gasteiger partial charge in [-0.05, 0) is 24.3 Å². The van der Waals surface area contributed by atoms with Gasteiger partial charge in [0.15, 0.2) is 0 Å². The fourth-order valence-electron chi connectivity index (χ4n) is 2.84. The molecule has 0 saturated heterocycles. The lowest BCUT2D eigenvalue weighted by Crippen LogP contribution is -2.32. The van der Waals surface area contributed by atoms with Gasteiger partial charge in [0.1, 0.15) is 12.6 Å². The molecule has 2 rings (SSSR count). The van der Waals surface area contributed by atoms with Crippen molar-refractivity contribution >= 4 is 11.9 Å². The summed E-state index contributed by atoms with van der Waals surface area (Å²) in [7, 11) is 0. The van der Waals surface area contributed by atoms with Crippen molar-refractivity contribution in [3.05, 3.63) is 35.9 Å². The molecule has 0 aliphatic heterocycles. The van der Waals surface area contributed by atoms with Crippen LogP contribution in [0, 0.1) is 5.92 Å². The largest absolute Gasteiger partial charge is 0.490 e. The Balaban J connectivity index is 0.000000445. The summed E-state index contributed by atoms with van der Waals surface area (Å²) in [5, 5.41) is 7.12. The maximum Gasteiger partial charge on any atom is 0.490 e. The third-order valence-electron chi connectivity index (χ3n) is 4.38. The van der Waals surface area contributed by atoms with Gasteiger partial charge < -0.3 is 15.6 Å². The maximum absolute atomic E-state index is 11.8. The minimum Gasteiger partial charge on any atom is -0.475 e. The van der Waals surface area contributed by atoms with Crippen LogP contribution in [0.3, 0.4) is 0 Å². The topological polar surface area (TPSA) is 89.6 Å². The van der Waals surface area contributed by atoms with E-state index < -0.39 is 18.2 Å². The van der Waals surface area contributed by atoms with Crippen LogP contribution in [0.25, 0.3) is 0 Å². The van der Waals surface area contributed by atoms with Gasteiger partial charge in [0, 0.05) is 0 Å². The lowest BCUT2D eigenvalue weighted by Gasteiger charge is -2.22. The minimum absolute atomic E-state index is 0.273. The molecule has 0 heterocycles. The Kier molecular flexibility index (Phi) is 9.85. The molecule has 1 aliphatic carbocycles. The SMILES string of the molecule is NC(CCC1CCCCC1)C(=O)OCc1ccccc1.O=C(O)C(F)(F)F. The highest BCUT2D eigenvalue weighted by Crippen LogP contribution is 2.27. The number of carbonyl (C=O) groups is 2. The van der Waals surface area contributed by atoms with Crippen LogP contribution in [-0.2, 0) is 20.9 Å². The average Bonchev–Trinajstić information content (AvgIpc) is 2.65. The number of aliphatic carboxylic acids is 1. The molecular formula is C19H26F3NO4. The molecule has 152 valence electrons. The van der Waals surface area contributed by atoms with Crippen molar-refractivity contribution in [3.8, 4) is 0 Å². The van der Waals surface area contributed by atoms with Crippen molar-refractivity contribution in [2.24, 2.45) is 11.7 Å². The predicted molar refractivity (Wildman–Crippen MR) is 93.7 cm³/mol. The number of carboxylic acids is 1. The molecule has 1 fully saturated rings. The lowest BCUT2D eigenvalue weighted by atomic mass is 9.85. The van der Waals surface area contributed by atoms with Crippen LogP contribution in [0.5, 0.6) is 0 Å². The van der Waals surface area contributed by atoms with E-state index in [4.69, 9.17) is 20.4 Å². The molecule has 8 heteroatoms. The van der Waals surface area contributed by atoms with E-state index in [1.165, 1.54) is 32.1 Å². The average molecular weight is 389 g/mol. The number of alkyl halides is 3. The summed E-state index contributed by atoms with van der Waals surface area (Å²) in [5.41, 5.74) is 6.92. The molecule has 5 nitrogen and oxygen atoms in total. The highest BCUT2D eigenvalue weighted by Gasteiger charge is 2.38. The first-order chi connectivity index (χ1) is 12.7.